The van der Waals surface area contributed by atoms with E-state index >= 15 is 0 Å². The first-order valence-corrected chi connectivity index (χ1v) is 6.11. The topological polar surface area (TPSA) is 43.8 Å². The molecule has 3 nitrogen and oxygen atoms in total. The van der Waals surface area contributed by atoms with Gasteiger partial charge in [-0.05, 0) is 24.6 Å². The van der Waals surface area contributed by atoms with Crippen LogP contribution in [-0.2, 0) is 13.0 Å². The predicted octanol–water partition coefficient (Wildman–Crippen LogP) is 2.74. The molecule has 0 aliphatic carbocycles. The summed E-state index contributed by atoms with van der Waals surface area (Å²) in [4.78, 5) is 4.29. The van der Waals surface area contributed by atoms with E-state index in [9.17, 15) is 13.2 Å². The molecule has 0 saturated heterocycles. The van der Waals surface area contributed by atoms with E-state index in [2.05, 4.69) is 4.98 Å². The van der Waals surface area contributed by atoms with Crippen LogP contribution in [-0.4, -0.2) is 22.3 Å². The van der Waals surface area contributed by atoms with Crippen LogP contribution in [0.25, 0.3) is 11.0 Å². The average molecular weight is 271 g/mol. The van der Waals surface area contributed by atoms with Gasteiger partial charge in [-0.2, -0.15) is 13.2 Å². The van der Waals surface area contributed by atoms with Gasteiger partial charge in [0.2, 0.25) is 0 Å². The molecule has 6 heteroatoms. The molecule has 0 bridgehead atoms. The highest BCUT2D eigenvalue weighted by atomic mass is 19.4. The summed E-state index contributed by atoms with van der Waals surface area (Å²) in [6, 6.07) is 6.86. The van der Waals surface area contributed by atoms with Gasteiger partial charge in [0.1, 0.15) is 12.4 Å². The quantitative estimate of drug-likeness (QED) is 0.929. The third-order valence-corrected chi connectivity index (χ3v) is 3.00. The van der Waals surface area contributed by atoms with Gasteiger partial charge in [0.05, 0.1) is 11.0 Å². The zero-order valence-electron chi connectivity index (χ0n) is 10.6. The summed E-state index contributed by atoms with van der Waals surface area (Å²) in [6.07, 6.45) is -3.81. The van der Waals surface area contributed by atoms with Crippen LogP contribution in [0.15, 0.2) is 24.3 Å². The normalized spacial score (nSPS) is 13.9. The number of imidazole rings is 1. The Balaban J connectivity index is 2.46. The molecule has 0 saturated carbocycles. The highest BCUT2D eigenvalue weighted by Crippen LogP contribution is 2.24. The molecule has 1 unspecified atom stereocenters. The number of nitrogens with two attached hydrogens (primary N) is 1. The minimum absolute atomic E-state index is 0.101. The number of aromatic nitrogens is 2. The monoisotopic (exact) mass is 271 g/mol. The molecule has 2 rings (SSSR count). The molecule has 104 valence electrons. The first-order chi connectivity index (χ1) is 8.90. The Bertz CT molecular complexity index is 560. The van der Waals surface area contributed by atoms with Crippen LogP contribution in [0.2, 0.25) is 0 Å². The maximum absolute atomic E-state index is 12.7. The fraction of sp³-hybridized carbons (Fsp3) is 0.462. The highest BCUT2D eigenvalue weighted by molar-refractivity contribution is 5.75. The Morgan fingerprint density at radius 2 is 2.00 bits per heavy atom. The number of benzene rings is 1. The molecule has 1 aromatic heterocycles. The van der Waals surface area contributed by atoms with Crippen molar-refractivity contribution < 1.29 is 13.2 Å². The molecule has 0 fully saturated rings. The highest BCUT2D eigenvalue weighted by Gasteiger charge is 2.30. The number of fused-ring (bicyclic) bond motifs is 1. The molecule has 0 amide bonds. The van der Waals surface area contributed by atoms with E-state index in [4.69, 9.17) is 5.73 Å². The Morgan fingerprint density at radius 3 is 2.63 bits per heavy atom. The smallest absolute Gasteiger partial charge is 0.330 e. The molecule has 0 aliphatic heterocycles. The van der Waals surface area contributed by atoms with Crippen molar-refractivity contribution in [3.63, 3.8) is 0 Å². The predicted molar refractivity (Wildman–Crippen MR) is 67.7 cm³/mol. The number of hydrogen-bond donors (Lipinski definition) is 1. The second kappa shape index (κ2) is 5.21. The first-order valence-electron chi connectivity index (χ1n) is 6.11. The molecule has 2 aromatic rings. The Labute approximate surface area is 109 Å². The van der Waals surface area contributed by atoms with Gasteiger partial charge in [0.25, 0.3) is 0 Å². The molecule has 0 spiro atoms. The van der Waals surface area contributed by atoms with Gasteiger partial charge in [0.15, 0.2) is 0 Å². The molecule has 0 radical (unpaired) electrons. The van der Waals surface area contributed by atoms with Crippen molar-refractivity contribution in [2.24, 2.45) is 11.7 Å². The lowest BCUT2D eigenvalue weighted by atomic mass is 10.1. The minimum atomic E-state index is -4.26. The van der Waals surface area contributed by atoms with E-state index in [1.165, 1.54) is 4.57 Å². The molecular weight excluding hydrogens is 255 g/mol. The average Bonchev–Trinajstić information content (AvgIpc) is 2.65. The van der Waals surface area contributed by atoms with Crippen molar-refractivity contribution in [2.45, 2.75) is 26.1 Å². The van der Waals surface area contributed by atoms with Crippen LogP contribution in [0.4, 0.5) is 13.2 Å². The lowest BCUT2D eigenvalue weighted by Gasteiger charge is -2.13. The zero-order valence-corrected chi connectivity index (χ0v) is 10.6. The molecule has 19 heavy (non-hydrogen) atoms. The van der Waals surface area contributed by atoms with Crippen molar-refractivity contribution in [3.8, 4) is 0 Å². The first kappa shape index (κ1) is 13.9. The van der Waals surface area contributed by atoms with E-state index < -0.39 is 12.7 Å². The van der Waals surface area contributed by atoms with Crippen LogP contribution in [0.3, 0.4) is 0 Å². The lowest BCUT2D eigenvalue weighted by Crippen LogP contribution is -2.22. The summed E-state index contributed by atoms with van der Waals surface area (Å²) in [5.74, 6) is 0.542. The molecule has 1 heterocycles. The summed E-state index contributed by atoms with van der Waals surface area (Å²) in [5.41, 5.74) is 6.63. The Hall–Kier alpha value is -1.56. The van der Waals surface area contributed by atoms with Crippen molar-refractivity contribution in [3.05, 3.63) is 30.1 Å². The van der Waals surface area contributed by atoms with E-state index in [0.717, 1.165) is 0 Å². The largest absolute Gasteiger partial charge is 0.406 e. The van der Waals surface area contributed by atoms with Crippen LogP contribution >= 0.6 is 0 Å². The van der Waals surface area contributed by atoms with Gasteiger partial charge in [-0.15, -0.1) is 0 Å². The Morgan fingerprint density at radius 1 is 1.32 bits per heavy atom. The van der Waals surface area contributed by atoms with Gasteiger partial charge in [-0.3, -0.25) is 0 Å². The number of halogens is 3. The minimum Gasteiger partial charge on any atom is -0.330 e. The third-order valence-electron chi connectivity index (χ3n) is 3.00. The standard InChI is InChI=1S/C13H16F3N3/c1-9(7-17)6-12-18-10-4-2-3-5-11(10)19(12)8-13(14,15)16/h2-5,9H,6-8,17H2,1H3. The second-order valence-electron chi connectivity index (χ2n) is 4.76. The maximum atomic E-state index is 12.7. The molecule has 1 aromatic carbocycles. The van der Waals surface area contributed by atoms with Crippen LogP contribution in [0.5, 0.6) is 0 Å². The second-order valence-corrected chi connectivity index (χ2v) is 4.76. The summed E-state index contributed by atoms with van der Waals surface area (Å²) in [5, 5.41) is 0. The van der Waals surface area contributed by atoms with Crippen LogP contribution < -0.4 is 5.73 Å². The summed E-state index contributed by atoms with van der Waals surface area (Å²) >= 11 is 0. The van der Waals surface area contributed by atoms with Gasteiger partial charge in [-0.25, -0.2) is 4.98 Å². The molecule has 2 N–H and O–H groups in total. The van der Waals surface area contributed by atoms with Crippen molar-refractivity contribution in [1.82, 2.24) is 9.55 Å². The van der Waals surface area contributed by atoms with Crippen molar-refractivity contribution in [2.75, 3.05) is 6.54 Å². The van der Waals surface area contributed by atoms with Gasteiger partial charge >= 0.3 is 6.18 Å². The number of para-hydroxylation sites is 2. The summed E-state index contributed by atoms with van der Waals surface area (Å²) in [6.45, 7) is 1.31. The lowest BCUT2D eigenvalue weighted by molar-refractivity contribution is -0.140. The van der Waals surface area contributed by atoms with Gasteiger partial charge < -0.3 is 10.3 Å². The fourth-order valence-electron chi connectivity index (χ4n) is 2.03. The van der Waals surface area contributed by atoms with Crippen molar-refractivity contribution >= 4 is 11.0 Å². The van der Waals surface area contributed by atoms with Crippen LogP contribution in [0.1, 0.15) is 12.7 Å². The SMILES string of the molecule is CC(CN)Cc1nc2ccccc2n1CC(F)(F)F. The number of hydrogen-bond acceptors (Lipinski definition) is 2. The zero-order chi connectivity index (χ0) is 14.0. The molecule has 0 aliphatic rings. The fourth-order valence-corrected chi connectivity index (χ4v) is 2.03. The molecular formula is C13H16F3N3. The summed E-state index contributed by atoms with van der Waals surface area (Å²) < 4.78 is 39.3. The van der Waals surface area contributed by atoms with Crippen molar-refractivity contribution in [1.29, 1.82) is 0 Å². The number of nitrogens with zero attached hydrogens (tertiary/aromatic N) is 2. The number of rotatable bonds is 4. The summed E-state index contributed by atoms with van der Waals surface area (Å²) in [7, 11) is 0. The van der Waals surface area contributed by atoms with E-state index in [1.54, 1.807) is 24.3 Å². The van der Waals surface area contributed by atoms with Crippen LogP contribution in [0, 0.1) is 5.92 Å². The van der Waals surface area contributed by atoms with E-state index in [1.807, 2.05) is 6.92 Å². The van der Waals surface area contributed by atoms with Gasteiger partial charge in [-0.1, -0.05) is 19.1 Å². The maximum Gasteiger partial charge on any atom is 0.406 e. The van der Waals surface area contributed by atoms with Gasteiger partial charge in [0, 0.05) is 6.42 Å². The Kier molecular flexibility index (Phi) is 3.80. The third kappa shape index (κ3) is 3.26. The number of alkyl halides is 3. The van der Waals surface area contributed by atoms with E-state index in [-0.39, 0.29) is 5.92 Å². The van der Waals surface area contributed by atoms with E-state index in [0.29, 0.717) is 29.8 Å². The molecule has 1 atom stereocenters.